The molecule has 0 aromatic heterocycles. The molecule has 0 aliphatic heterocycles. The van der Waals surface area contributed by atoms with Crippen molar-refractivity contribution in [3.63, 3.8) is 0 Å². The van der Waals surface area contributed by atoms with E-state index >= 15 is 0 Å². The van der Waals surface area contributed by atoms with Crippen LogP contribution in [0.15, 0.2) is 0 Å². The Bertz CT molecular complexity index is 133. The summed E-state index contributed by atoms with van der Waals surface area (Å²) in [6.07, 6.45) is 3.40. The molecule has 0 saturated carbocycles. The second-order valence-electron chi connectivity index (χ2n) is 3.38. The molecular formula is C10H21NO2. The summed E-state index contributed by atoms with van der Waals surface area (Å²) in [6, 6.07) is 0. The van der Waals surface area contributed by atoms with E-state index in [2.05, 4.69) is 19.2 Å². The maximum atomic E-state index is 10.2. The van der Waals surface area contributed by atoms with Crippen molar-refractivity contribution in [2.75, 3.05) is 13.1 Å². The lowest BCUT2D eigenvalue weighted by molar-refractivity contribution is -0.137. The van der Waals surface area contributed by atoms with E-state index in [1.807, 2.05) is 0 Å². The minimum atomic E-state index is -0.704. The fourth-order valence-corrected chi connectivity index (χ4v) is 1.25. The monoisotopic (exact) mass is 187 g/mol. The highest BCUT2D eigenvalue weighted by Gasteiger charge is 2.02. The van der Waals surface area contributed by atoms with Crippen molar-refractivity contribution in [2.45, 2.75) is 39.5 Å². The van der Waals surface area contributed by atoms with E-state index in [0.29, 0.717) is 0 Å². The van der Waals surface area contributed by atoms with Gasteiger partial charge >= 0.3 is 5.97 Å². The van der Waals surface area contributed by atoms with Gasteiger partial charge < -0.3 is 10.4 Å². The lowest BCUT2D eigenvalue weighted by Crippen LogP contribution is -2.23. The first-order valence-corrected chi connectivity index (χ1v) is 5.13. The zero-order valence-corrected chi connectivity index (χ0v) is 8.68. The van der Waals surface area contributed by atoms with Crippen molar-refractivity contribution in [3.8, 4) is 0 Å². The van der Waals surface area contributed by atoms with Crippen LogP contribution in [0.2, 0.25) is 0 Å². The van der Waals surface area contributed by atoms with E-state index in [0.717, 1.165) is 25.4 Å². The summed E-state index contributed by atoms with van der Waals surface area (Å²) >= 11 is 0. The van der Waals surface area contributed by atoms with Gasteiger partial charge in [0.2, 0.25) is 0 Å². The molecule has 0 aliphatic rings. The molecule has 0 saturated heterocycles. The summed E-state index contributed by atoms with van der Waals surface area (Å²) in [7, 11) is 0. The van der Waals surface area contributed by atoms with Crippen molar-refractivity contribution < 1.29 is 9.90 Å². The lowest BCUT2D eigenvalue weighted by atomic mass is 10.0. The molecular weight excluding hydrogens is 166 g/mol. The third-order valence-electron chi connectivity index (χ3n) is 2.33. The summed E-state index contributed by atoms with van der Waals surface area (Å²) in [4.78, 5) is 10.2. The molecule has 0 radical (unpaired) electrons. The molecule has 0 rings (SSSR count). The molecule has 0 heterocycles. The summed E-state index contributed by atoms with van der Waals surface area (Å²) in [6.45, 7) is 6.22. The molecule has 0 amide bonds. The Balaban J connectivity index is 3.19. The smallest absolute Gasteiger partial charge is 0.303 e. The van der Waals surface area contributed by atoms with Gasteiger partial charge in [-0.25, -0.2) is 0 Å². The summed E-state index contributed by atoms with van der Waals surface area (Å²) < 4.78 is 0. The molecule has 0 aromatic carbocycles. The minimum Gasteiger partial charge on any atom is -0.481 e. The van der Waals surface area contributed by atoms with Gasteiger partial charge in [0, 0.05) is 6.42 Å². The number of nitrogens with one attached hydrogen (secondary N) is 1. The van der Waals surface area contributed by atoms with Crippen LogP contribution in [0.25, 0.3) is 0 Å². The molecule has 0 bridgehead atoms. The molecule has 13 heavy (non-hydrogen) atoms. The average molecular weight is 187 g/mol. The summed E-state index contributed by atoms with van der Waals surface area (Å²) in [5.74, 6) is 0.0363. The second-order valence-corrected chi connectivity index (χ2v) is 3.38. The van der Waals surface area contributed by atoms with E-state index in [-0.39, 0.29) is 6.42 Å². The molecule has 3 heteroatoms. The van der Waals surface area contributed by atoms with Crippen molar-refractivity contribution in [3.05, 3.63) is 0 Å². The van der Waals surface area contributed by atoms with Crippen LogP contribution in [0.5, 0.6) is 0 Å². The van der Waals surface area contributed by atoms with Crippen LogP contribution < -0.4 is 5.32 Å². The Morgan fingerprint density at radius 2 is 2.00 bits per heavy atom. The van der Waals surface area contributed by atoms with Gasteiger partial charge in [0.15, 0.2) is 0 Å². The van der Waals surface area contributed by atoms with E-state index in [9.17, 15) is 4.79 Å². The predicted octanol–water partition coefficient (Wildman–Crippen LogP) is 1.88. The van der Waals surface area contributed by atoms with Crippen molar-refractivity contribution in [2.24, 2.45) is 5.92 Å². The highest BCUT2D eigenvalue weighted by atomic mass is 16.4. The molecule has 0 atom stereocenters. The Labute approximate surface area is 80.5 Å². The van der Waals surface area contributed by atoms with E-state index in [1.54, 1.807) is 0 Å². The van der Waals surface area contributed by atoms with E-state index in [1.165, 1.54) is 12.8 Å². The van der Waals surface area contributed by atoms with Gasteiger partial charge in [-0.3, -0.25) is 4.79 Å². The Hall–Kier alpha value is -0.570. The molecule has 0 fully saturated rings. The molecule has 3 nitrogen and oxygen atoms in total. The van der Waals surface area contributed by atoms with Gasteiger partial charge in [0.1, 0.15) is 0 Å². The van der Waals surface area contributed by atoms with Crippen molar-refractivity contribution in [1.29, 1.82) is 0 Å². The van der Waals surface area contributed by atoms with Crippen molar-refractivity contribution >= 4 is 5.97 Å². The van der Waals surface area contributed by atoms with Gasteiger partial charge in [-0.1, -0.05) is 26.7 Å². The Kier molecular flexibility index (Phi) is 7.69. The third-order valence-corrected chi connectivity index (χ3v) is 2.33. The zero-order chi connectivity index (χ0) is 10.1. The zero-order valence-electron chi connectivity index (χ0n) is 8.68. The highest BCUT2D eigenvalue weighted by Crippen LogP contribution is 2.04. The largest absolute Gasteiger partial charge is 0.481 e. The van der Waals surface area contributed by atoms with Crippen LogP contribution in [-0.4, -0.2) is 24.2 Å². The Morgan fingerprint density at radius 1 is 1.38 bits per heavy atom. The average Bonchev–Trinajstić information content (AvgIpc) is 2.11. The number of carboxylic acid groups (broad SMARTS) is 1. The summed E-state index contributed by atoms with van der Waals surface area (Å²) in [5, 5.41) is 11.7. The first-order valence-electron chi connectivity index (χ1n) is 5.13. The van der Waals surface area contributed by atoms with Gasteiger partial charge in [0.25, 0.3) is 0 Å². The third kappa shape index (κ3) is 7.78. The van der Waals surface area contributed by atoms with Gasteiger partial charge in [-0.05, 0) is 25.4 Å². The van der Waals surface area contributed by atoms with Crippen LogP contribution in [0.4, 0.5) is 0 Å². The molecule has 0 spiro atoms. The summed E-state index contributed by atoms with van der Waals surface area (Å²) in [5.41, 5.74) is 0. The topological polar surface area (TPSA) is 49.3 Å². The van der Waals surface area contributed by atoms with E-state index in [4.69, 9.17) is 5.11 Å². The predicted molar refractivity (Wildman–Crippen MR) is 53.8 cm³/mol. The SMILES string of the molecule is CCC(CC)CNCCCC(=O)O. The lowest BCUT2D eigenvalue weighted by Gasteiger charge is -2.12. The maximum Gasteiger partial charge on any atom is 0.303 e. The number of rotatable bonds is 8. The van der Waals surface area contributed by atoms with Gasteiger partial charge in [0.05, 0.1) is 0 Å². The normalized spacial score (nSPS) is 10.7. The van der Waals surface area contributed by atoms with Crippen LogP contribution in [0.1, 0.15) is 39.5 Å². The number of hydrogen-bond acceptors (Lipinski definition) is 2. The molecule has 0 aromatic rings. The number of hydrogen-bond donors (Lipinski definition) is 2. The highest BCUT2D eigenvalue weighted by molar-refractivity contribution is 5.66. The molecule has 0 unspecified atom stereocenters. The number of carbonyl (C=O) groups is 1. The van der Waals surface area contributed by atoms with Gasteiger partial charge in [-0.2, -0.15) is 0 Å². The quantitative estimate of drug-likeness (QED) is 0.570. The number of carboxylic acids is 1. The Morgan fingerprint density at radius 3 is 2.46 bits per heavy atom. The second kappa shape index (κ2) is 8.05. The minimum absolute atomic E-state index is 0.274. The molecule has 2 N–H and O–H groups in total. The van der Waals surface area contributed by atoms with Crippen LogP contribution in [-0.2, 0) is 4.79 Å². The first kappa shape index (κ1) is 12.4. The maximum absolute atomic E-state index is 10.2. The fraction of sp³-hybridized carbons (Fsp3) is 0.900. The van der Waals surface area contributed by atoms with E-state index < -0.39 is 5.97 Å². The van der Waals surface area contributed by atoms with Crippen LogP contribution in [0, 0.1) is 5.92 Å². The van der Waals surface area contributed by atoms with Crippen LogP contribution in [0.3, 0.4) is 0 Å². The molecule has 0 aliphatic carbocycles. The fourth-order valence-electron chi connectivity index (χ4n) is 1.25. The molecule has 78 valence electrons. The number of aliphatic carboxylic acids is 1. The van der Waals surface area contributed by atoms with Crippen LogP contribution >= 0.6 is 0 Å². The standard InChI is InChI=1S/C10H21NO2/c1-3-9(4-2)8-11-7-5-6-10(12)13/h9,11H,3-8H2,1-2H3,(H,12,13). The van der Waals surface area contributed by atoms with Gasteiger partial charge in [-0.15, -0.1) is 0 Å². The van der Waals surface area contributed by atoms with Crippen molar-refractivity contribution in [1.82, 2.24) is 5.32 Å². The first-order chi connectivity index (χ1) is 6.20.